The maximum absolute atomic E-state index is 11.6. The van der Waals surface area contributed by atoms with E-state index in [4.69, 9.17) is 5.11 Å². The molecule has 0 amide bonds. The summed E-state index contributed by atoms with van der Waals surface area (Å²) >= 11 is 6.07. The van der Waals surface area contributed by atoms with Crippen molar-refractivity contribution in [3.05, 3.63) is 48.0 Å². The Labute approximate surface area is 176 Å². The molecule has 1 aromatic carbocycles. The summed E-state index contributed by atoms with van der Waals surface area (Å²) in [5.41, 5.74) is 1.92. The van der Waals surface area contributed by atoms with Crippen molar-refractivity contribution in [3.8, 4) is 0 Å². The summed E-state index contributed by atoms with van der Waals surface area (Å²) in [6.45, 7) is 8.79. The van der Waals surface area contributed by atoms with E-state index in [2.05, 4.69) is 22.9 Å². The number of nitrogens with zero attached hydrogens (tertiary/aromatic N) is 1. The highest BCUT2D eigenvalue weighted by atomic mass is 35.5. The largest absolute Gasteiger partial charge is 0.480 e. The molecule has 0 saturated carbocycles. The van der Waals surface area contributed by atoms with Crippen LogP contribution in [-0.4, -0.2) is 36.7 Å². The van der Waals surface area contributed by atoms with E-state index in [0.29, 0.717) is 16.6 Å². The topological polar surface area (TPSA) is 88.4 Å². The Bertz CT molecular complexity index is 935. The van der Waals surface area contributed by atoms with Crippen LogP contribution < -0.4 is 4.72 Å². The number of thioether (sulfide) groups is 1. The van der Waals surface area contributed by atoms with Gasteiger partial charge in [-0.05, 0) is 38.3 Å². The number of fused-ring (bicyclic) bond motifs is 1. The molecule has 1 heterocycles. The molecule has 0 aliphatic carbocycles. The number of nitrogens with one attached hydrogen (secondary N) is 1. The van der Waals surface area contributed by atoms with Crippen LogP contribution in [-0.2, 0) is 21.4 Å². The first-order valence-corrected chi connectivity index (χ1v) is 11.7. The predicted molar refractivity (Wildman–Crippen MR) is 121 cm³/mol. The lowest BCUT2D eigenvalue weighted by Gasteiger charge is -2.07. The van der Waals surface area contributed by atoms with E-state index in [-0.39, 0.29) is 6.54 Å². The smallest absolute Gasteiger partial charge is 0.323 e. The molecule has 0 radical (unpaired) electrons. The number of carbonyl (C=O) groups is 1. The molecule has 0 unspecified atom stereocenters. The number of halogens is 1. The van der Waals surface area contributed by atoms with Gasteiger partial charge in [0.25, 0.3) is 0 Å². The van der Waals surface area contributed by atoms with Crippen molar-refractivity contribution >= 4 is 55.9 Å². The second kappa shape index (κ2) is 12.5. The van der Waals surface area contributed by atoms with Gasteiger partial charge in [-0.15, -0.1) is 18.2 Å². The molecular formula is C19H27ClN2O4S2. The first-order chi connectivity index (χ1) is 13.2. The molecule has 2 N–H and O–H groups in total. The molecule has 156 valence electrons. The van der Waals surface area contributed by atoms with Crippen molar-refractivity contribution in [3.63, 3.8) is 0 Å². The van der Waals surface area contributed by atoms with Gasteiger partial charge in [-0.25, -0.2) is 8.42 Å². The van der Waals surface area contributed by atoms with Gasteiger partial charge in [-0.2, -0.15) is 0 Å². The summed E-state index contributed by atoms with van der Waals surface area (Å²) in [5.74, 6) is -0.950. The number of sulfonamides is 1. The molecule has 2 rings (SSSR count). The zero-order chi connectivity index (χ0) is 21.9. The molecule has 0 saturated heterocycles. The molecule has 0 bridgehead atoms. The van der Waals surface area contributed by atoms with Gasteiger partial charge in [-0.3, -0.25) is 9.52 Å². The molecule has 0 spiro atoms. The van der Waals surface area contributed by atoms with Crippen LogP contribution in [0.15, 0.2) is 47.2 Å². The van der Waals surface area contributed by atoms with Crippen LogP contribution in [0.3, 0.4) is 0 Å². The quantitative estimate of drug-likeness (QED) is 0.367. The number of rotatable bonds is 6. The van der Waals surface area contributed by atoms with Gasteiger partial charge in [-0.1, -0.05) is 30.0 Å². The van der Waals surface area contributed by atoms with E-state index in [1.807, 2.05) is 32.3 Å². The highest BCUT2D eigenvalue weighted by Crippen LogP contribution is 2.39. The monoisotopic (exact) mass is 446 g/mol. The van der Waals surface area contributed by atoms with E-state index in [1.54, 1.807) is 28.8 Å². The zero-order valence-corrected chi connectivity index (χ0v) is 19.1. The van der Waals surface area contributed by atoms with Crippen LogP contribution in [0.25, 0.3) is 10.9 Å². The Morgan fingerprint density at radius 1 is 1.36 bits per heavy atom. The SMILES string of the molecule is C/C=C/Sc1c(C)n(CC(=O)O)c2cccc(NS(C)(=O)=O)c12.C=CC.CCl. The Hall–Kier alpha value is -1.90. The van der Waals surface area contributed by atoms with Gasteiger partial charge in [0.15, 0.2) is 0 Å². The highest BCUT2D eigenvalue weighted by Gasteiger charge is 2.19. The fourth-order valence-electron chi connectivity index (χ4n) is 2.39. The number of carboxylic acids is 1. The minimum atomic E-state index is -3.44. The first-order valence-electron chi connectivity index (χ1n) is 8.20. The Morgan fingerprint density at radius 3 is 2.39 bits per heavy atom. The molecule has 0 aliphatic rings. The lowest BCUT2D eigenvalue weighted by Crippen LogP contribution is -2.10. The summed E-state index contributed by atoms with van der Waals surface area (Å²) in [6, 6.07) is 5.17. The number of anilines is 1. The van der Waals surface area contributed by atoms with Crippen molar-refractivity contribution in [1.82, 2.24) is 4.57 Å². The van der Waals surface area contributed by atoms with Gasteiger partial charge >= 0.3 is 5.97 Å². The summed E-state index contributed by atoms with van der Waals surface area (Å²) in [7, 11) is -3.44. The average Bonchev–Trinajstić information content (AvgIpc) is 2.87. The van der Waals surface area contributed by atoms with Gasteiger partial charge in [0.2, 0.25) is 10.0 Å². The molecular weight excluding hydrogens is 420 g/mol. The predicted octanol–water partition coefficient (Wildman–Crippen LogP) is 5.08. The third-order valence-corrected chi connectivity index (χ3v) is 4.94. The first kappa shape index (κ1) is 26.1. The van der Waals surface area contributed by atoms with Gasteiger partial charge < -0.3 is 9.67 Å². The number of aromatic nitrogens is 1. The Morgan fingerprint density at radius 2 is 1.93 bits per heavy atom. The standard InChI is InChI=1S/C15H18N2O4S2.C3H6.CH3Cl/c1-4-8-22-15-10(2)17(9-13(18)19)12-7-5-6-11(14(12)15)16-23(3,20)21;1-3-2;1-2/h4-8,16H,9H2,1-3H3,(H,18,19);3H,1H2,2H3;1H3/b8-4+;;. The third-order valence-electron chi connectivity index (χ3n) is 3.20. The Balaban J connectivity index is 0.00000133. The molecule has 28 heavy (non-hydrogen) atoms. The van der Waals surface area contributed by atoms with E-state index >= 15 is 0 Å². The van der Waals surface area contributed by atoms with Crippen LogP contribution in [0.4, 0.5) is 5.69 Å². The molecule has 1 aromatic heterocycles. The maximum atomic E-state index is 11.6. The van der Waals surface area contributed by atoms with E-state index in [9.17, 15) is 13.2 Å². The van der Waals surface area contributed by atoms with Crippen molar-refractivity contribution in [2.75, 3.05) is 17.4 Å². The van der Waals surface area contributed by atoms with Crippen molar-refractivity contribution < 1.29 is 18.3 Å². The zero-order valence-electron chi connectivity index (χ0n) is 16.7. The number of carboxylic acid groups (broad SMARTS) is 1. The second-order valence-corrected chi connectivity index (χ2v) is 8.13. The van der Waals surface area contributed by atoms with Crippen LogP contribution in [0.2, 0.25) is 0 Å². The number of alkyl halides is 1. The minimum Gasteiger partial charge on any atom is -0.480 e. The fourth-order valence-corrected chi connectivity index (χ4v) is 3.85. The lowest BCUT2D eigenvalue weighted by atomic mass is 10.2. The van der Waals surface area contributed by atoms with E-state index in [0.717, 1.165) is 16.8 Å². The normalized spacial score (nSPS) is 10.6. The summed E-state index contributed by atoms with van der Waals surface area (Å²) < 4.78 is 27.4. The van der Waals surface area contributed by atoms with Crippen LogP contribution in [0.5, 0.6) is 0 Å². The minimum absolute atomic E-state index is 0.180. The fraction of sp³-hybridized carbons (Fsp3) is 0.316. The van der Waals surface area contributed by atoms with Crippen LogP contribution in [0.1, 0.15) is 19.5 Å². The lowest BCUT2D eigenvalue weighted by molar-refractivity contribution is -0.137. The molecule has 0 atom stereocenters. The van der Waals surface area contributed by atoms with Crippen molar-refractivity contribution in [2.45, 2.75) is 32.2 Å². The number of hydrogen-bond acceptors (Lipinski definition) is 4. The number of benzene rings is 1. The molecule has 0 aliphatic heterocycles. The number of hydrogen-bond donors (Lipinski definition) is 2. The summed E-state index contributed by atoms with van der Waals surface area (Å²) in [6.07, 6.45) is 6.18. The second-order valence-electron chi connectivity index (χ2n) is 5.46. The summed E-state index contributed by atoms with van der Waals surface area (Å²) in [4.78, 5) is 12.0. The van der Waals surface area contributed by atoms with Crippen LogP contribution >= 0.6 is 23.4 Å². The van der Waals surface area contributed by atoms with E-state index in [1.165, 1.54) is 18.1 Å². The average molecular weight is 447 g/mol. The third kappa shape index (κ3) is 7.61. The molecule has 9 heteroatoms. The summed E-state index contributed by atoms with van der Waals surface area (Å²) in [5, 5.41) is 11.7. The number of allylic oxidation sites excluding steroid dienone is 2. The highest BCUT2D eigenvalue weighted by molar-refractivity contribution is 8.02. The molecule has 2 aromatic rings. The van der Waals surface area contributed by atoms with Gasteiger partial charge in [0.1, 0.15) is 6.54 Å². The molecule has 0 fully saturated rings. The van der Waals surface area contributed by atoms with Crippen LogP contribution in [0, 0.1) is 6.92 Å². The van der Waals surface area contributed by atoms with E-state index < -0.39 is 16.0 Å². The van der Waals surface area contributed by atoms with Crippen molar-refractivity contribution in [1.29, 1.82) is 0 Å². The van der Waals surface area contributed by atoms with Gasteiger partial charge in [0, 0.05) is 22.4 Å². The Kier molecular flexibility index (Phi) is 11.7. The van der Waals surface area contributed by atoms with Crippen molar-refractivity contribution in [2.24, 2.45) is 0 Å². The number of aliphatic carboxylic acids is 1. The maximum Gasteiger partial charge on any atom is 0.323 e. The molecule has 6 nitrogen and oxygen atoms in total. The van der Waals surface area contributed by atoms with Gasteiger partial charge in [0.05, 0.1) is 17.5 Å².